The summed E-state index contributed by atoms with van der Waals surface area (Å²) in [6.45, 7) is 0. The second-order valence-corrected chi connectivity index (χ2v) is 9.33. The molecule has 1 aliphatic heterocycles. The number of para-hydroxylation sites is 1. The van der Waals surface area contributed by atoms with Crippen LogP contribution >= 0.6 is 11.8 Å². The molecular weight excluding hydrogens is 485 g/mol. The van der Waals surface area contributed by atoms with Crippen molar-refractivity contribution in [2.75, 3.05) is 10.8 Å². The van der Waals surface area contributed by atoms with Crippen molar-refractivity contribution in [3.05, 3.63) is 108 Å². The average molecular weight is 507 g/mol. The zero-order valence-electron chi connectivity index (χ0n) is 19.0. The van der Waals surface area contributed by atoms with Gasteiger partial charge in [0.05, 0.1) is 22.9 Å². The van der Waals surface area contributed by atoms with Crippen LogP contribution in [0.3, 0.4) is 0 Å². The molecule has 0 spiro atoms. The number of anilines is 1. The van der Waals surface area contributed by atoms with E-state index in [1.165, 1.54) is 11.1 Å². The SMILES string of the molecule is O=C1C(Cc2ccc(-c3cccc(C(F)(F)F)c3)o2)C(CSc2ccccc2)=NN1c1ccccc1. The first kappa shape index (κ1) is 23.9. The molecule has 0 saturated heterocycles. The third-order valence-corrected chi connectivity index (χ3v) is 6.86. The lowest BCUT2D eigenvalue weighted by molar-refractivity contribution is -0.137. The molecule has 1 aliphatic rings. The molecular formula is C28H21F3N2O2S. The van der Waals surface area contributed by atoms with Gasteiger partial charge < -0.3 is 4.42 Å². The van der Waals surface area contributed by atoms with Crippen LogP contribution in [0.25, 0.3) is 11.3 Å². The predicted octanol–water partition coefficient (Wildman–Crippen LogP) is 7.32. The van der Waals surface area contributed by atoms with Gasteiger partial charge in [0.1, 0.15) is 11.5 Å². The summed E-state index contributed by atoms with van der Waals surface area (Å²) >= 11 is 1.59. The molecule has 0 saturated carbocycles. The number of amides is 1. The molecule has 0 N–H and O–H groups in total. The highest BCUT2D eigenvalue weighted by Crippen LogP contribution is 2.34. The number of hydrogen-bond donors (Lipinski definition) is 0. The highest BCUT2D eigenvalue weighted by atomic mass is 32.2. The largest absolute Gasteiger partial charge is 0.461 e. The molecule has 36 heavy (non-hydrogen) atoms. The van der Waals surface area contributed by atoms with Crippen LogP contribution in [-0.2, 0) is 17.4 Å². The van der Waals surface area contributed by atoms with Crippen LogP contribution in [0, 0.1) is 5.92 Å². The van der Waals surface area contributed by atoms with E-state index in [0.717, 1.165) is 22.7 Å². The molecule has 0 radical (unpaired) electrons. The monoisotopic (exact) mass is 506 g/mol. The zero-order chi connectivity index (χ0) is 25.1. The first-order valence-corrected chi connectivity index (χ1v) is 12.3. The van der Waals surface area contributed by atoms with E-state index in [0.29, 0.717) is 28.5 Å². The van der Waals surface area contributed by atoms with Crippen LogP contribution < -0.4 is 5.01 Å². The van der Waals surface area contributed by atoms with Gasteiger partial charge >= 0.3 is 6.18 Å². The lowest BCUT2D eigenvalue weighted by Crippen LogP contribution is -2.29. The van der Waals surface area contributed by atoms with Gasteiger partial charge in [0.25, 0.3) is 5.91 Å². The number of carbonyl (C=O) groups is 1. The third kappa shape index (κ3) is 5.23. The predicted molar refractivity (Wildman–Crippen MR) is 135 cm³/mol. The summed E-state index contributed by atoms with van der Waals surface area (Å²) in [5, 5.41) is 6.07. The van der Waals surface area contributed by atoms with Crippen molar-refractivity contribution in [2.24, 2.45) is 11.0 Å². The van der Waals surface area contributed by atoms with E-state index in [1.54, 1.807) is 30.0 Å². The van der Waals surface area contributed by atoms with Crippen molar-refractivity contribution >= 4 is 29.1 Å². The molecule has 1 unspecified atom stereocenters. The fraction of sp³-hybridized carbons (Fsp3) is 0.143. The molecule has 1 amide bonds. The van der Waals surface area contributed by atoms with Gasteiger partial charge in [-0.05, 0) is 48.5 Å². The Bertz CT molecular complexity index is 1380. The second-order valence-electron chi connectivity index (χ2n) is 8.28. The fourth-order valence-electron chi connectivity index (χ4n) is 3.99. The van der Waals surface area contributed by atoms with Crippen LogP contribution in [0.4, 0.5) is 18.9 Å². The van der Waals surface area contributed by atoms with E-state index in [4.69, 9.17) is 4.42 Å². The van der Waals surface area contributed by atoms with Crippen LogP contribution in [-0.4, -0.2) is 17.4 Å². The smallest absolute Gasteiger partial charge is 0.416 e. The Morgan fingerprint density at radius 3 is 2.33 bits per heavy atom. The molecule has 5 rings (SSSR count). The lowest BCUT2D eigenvalue weighted by atomic mass is 9.99. The molecule has 8 heteroatoms. The highest BCUT2D eigenvalue weighted by molar-refractivity contribution is 8.00. The minimum Gasteiger partial charge on any atom is -0.461 e. The number of halogens is 3. The van der Waals surface area contributed by atoms with Crippen LogP contribution in [0.15, 0.2) is 111 Å². The summed E-state index contributed by atoms with van der Waals surface area (Å²) in [6, 6.07) is 27.4. The first-order chi connectivity index (χ1) is 17.4. The van der Waals surface area contributed by atoms with Crippen LogP contribution in [0.1, 0.15) is 11.3 Å². The molecule has 2 heterocycles. The van der Waals surface area contributed by atoms with Crippen molar-refractivity contribution in [1.82, 2.24) is 0 Å². The molecule has 182 valence electrons. The molecule has 4 aromatic rings. The number of furan rings is 1. The van der Waals surface area contributed by atoms with Crippen molar-refractivity contribution in [1.29, 1.82) is 0 Å². The van der Waals surface area contributed by atoms with E-state index < -0.39 is 17.7 Å². The number of hydrogen-bond acceptors (Lipinski definition) is 4. The number of thioether (sulfide) groups is 1. The van der Waals surface area contributed by atoms with Gasteiger partial charge in [0.2, 0.25) is 0 Å². The number of benzene rings is 3. The Morgan fingerprint density at radius 1 is 0.889 bits per heavy atom. The van der Waals surface area contributed by atoms with Crippen LogP contribution in [0.2, 0.25) is 0 Å². The fourth-order valence-corrected chi connectivity index (χ4v) is 4.92. The maximum atomic E-state index is 13.4. The molecule has 1 atom stereocenters. The molecule has 4 nitrogen and oxygen atoms in total. The maximum absolute atomic E-state index is 13.4. The minimum atomic E-state index is -4.44. The van der Waals surface area contributed by atoms with Crippen molar-refractivity contribution in [3.63, 3.8) is 0 Å². The summed E-state index contributed by atoms with van der Waals surface area (Å²) in [4.78, 5) is 14.5. The molecule has 0 bridgehead atoms. The molecule has 1 aromatic heterocycles. The third-order valence-electron chi connectivity index (χ3n) is 5.81. The van der Waals surface area contributed by atoms with Crippen molar-refractivity contribution in [2.45, 2.75) is 17.5 Å². The minimum absolute atomic E-state index is 0.165. The Kier molecular flexibility index (Phi) is 6.69. The van der Waals surface area contributed by atoms with Crippen LogP contribution in [0.5, 0.6) is 0 Å². The highest BCUT2D eigenvalue weighted by Gasteiger charge is 2.37. The Labute approximate surface area is 210 Å². The van der Waals surface area contributed by atoms with Gasteiger partial charge in [-0.2, -0.15) is 18.3 Å². The number of carbonyl (C=O) groups excluding carboxylic acids is 1. The van der Waals surface area contributed by atoms with Gasteiger partial charge in [0.15, 0.2) is 0 Å². The number of nitrogens with zero attached hydrogens (tertiary/aromatic N) is 2. The van der Waals surface area contributed by atoms with E-state index in [1.807, 2.05) is 60.7 Å². The second kappa shape index (κ2) is 10.1. The quantitative estimate of drug-likeness (QED) is 0.247. The molecule has 0 fully saturated rings. The van der Waals surface area contributed by atoms with E-state index >= 15 is 0 Å². The first-order valence-electron chi connectivity index (χ1n) is 11.3. The van der Waals surface area contributed by atoms with Gasteiger partial charge in [-0.1, -0.05) is 48.5 Å². The lowest BCUT2D eigenvalue weighted by Gasteiger charge is -2.14. The van der Waals surface area contributed by atoms with Crippen molar-refractivity contribution < 1.29 is 22.4 Å². The van der Waals surface area contributed by atoms with E-state index in [2.05, 4.69) is 5.10 Å². The van der Waals surface area contributed by atoms with Gasteiger partial charge in [-0.15, -0.1) is 11.8 Å². The van der Waals surface area contributed by atoms with Gasteiger partial charge in [-0.3, -0.25) is 4.79 Å². The van der Waals surface area contributed by atoms with E-state index in [-0.39, 0.29) is 12.3 Å². The molecule has 0 aliphatic carbocycles. The van der Waals surface area contributed by atoms with Crippen molar-refractivity contribution in [3.8, 4) is 11.3 Å². The average Bonchev–Trinajstić information content (AvgIpc) is 3.49. The summed E-state index contributed by atoms with van der Waals surface area (Å²) in [7, 11) is 0. The maximum Gasteiger partial charge on any atom is 0.416 e. The molecule has 3 aromatic carbocycles. The number of hydrazone groups is 1. The Morgan fingerprint density at radius 2 is 1.61 bits per heavy atom. The normalized spacial score (nSPS) is 15.9. The summed E-state index contributed by atoms with van der Waals surface area (Å²) < 4.78 is 45.3. The standard InChI is InChI=1S/C28H21F3N2O2S/c29-28(30,31)20-9-7-8-19(16-20)26-15-14-22(35-26)17-24-25(18-36-23-12-5-2-6-13-23)32-33(27(24)34)21-10-3-1-4-11-21/h1-16,24H,17-18H2. The Balaban J connectivity index is 1.38. The zero-order valence-corrected chi connectivity index (χ0v) is 19.8. The number of rotatable bonds is 7. The topological polar surface area (TPSA) is 45.8 Å². The number of alkyl halides is 3. The summed E-state index contributed by atoms with van der Waals surface area (Å²) in [5.74, 6) is 0.640. The van der Waals surface area contributed by atoms with Gasteiger partial charge in [0, 0.05) is 22.6 Å². The van der Waals surface area contributed by atoms with E-state index in [9.17, 15) is 18.0 Å². The summed E-state index contributed by atoms with van der Waals surface area (Å²) in [6.07, 6.45) is -4.18. The Hall–Kier alpha value is -3.78. The summed E-state index contributed by atoms with van der Waals surface area (Å²) in [5.41, 5.74) is 0.981. The van der Waals surface area contributed by atoms with Gasteiger partial charge in [-0.25, -0.2) is 5.01 Å².